The van der Waals surface area contributed by atoms with Crippen molar-refractivity contribution in [2.24, 2.45) is 0 Å². The highest BCUT2D eigenvalue weighted by atomic mass is 16.5. The van der Waals surface area contributed by atoms with Crippen LogP contribution < -0.4 is 10.2 Å². The maximum atomic E-state index is 12.4. The van der Waals surface area contributed by atoms with Crippen LogP contribution in [-0.4, -0.2) is 52.3 Å². The summed E-state index contributed by atoms with van der Waals surface area (Å²) in [6, 6.07) is 3.75. The number of ether oxygens (including phenoxy) is 1. The molecule has 1 fully saturated rings. The van der Waals surface area contributed by atoms with Gasteiger partial charge in [-0.05, 0) is 32.4 Å². The van der Waals surface area contributed by atoms with Gasteiger partial charge in [0.15, 0.2) is 0 Å². The predicted octanol–water partition coefficient (Wildman–Crippen LogP) is 2.84. The minimum atomic E-state index is -0.180. The average Bonchev–Trinajstić information content (AvgIpc) is 3.13. The number of carbonyl (C=O) groups excluding carboxylic acids is 1. The molecule has 0 atom stereocenters. The van der Waals surface area contributed by atoms with Crippen molar-refractivity contribution < 1.29 is 9.53 Å². The quantitative estimate of drug-likeness (QED) is 0.742. The van der Waals surface area contributed by atoms with E-state index in [0.29, 0.717) is 24.6 Å². The first kappa shape index (κ1) is 20.3. The topological polar surface area (TPSA) is 72.3 Å². The number of amides is 1. The Morgan fingerprint density at radius 1 is 1.32 bits per heavy atom. The first-order valence-electron chi connectivity index (χ1n) is 10.00. The average molecular weight is 386 g/mol. The van der Waals surface area contributed by atoms with Gasteiger partial charge in [0, 0.05) is 50.7 Å². The molecule has 28 heavy (non-hydrogen) atoms. The number of hydrogen-bond donors (Lipinski definition) is 1. The summed E-state index contributed by atoms with van der Waals surface area (Å²) in [5.41, 5.74) is 0.405. The fourth-order valence-electron chi connectivity index (χ4n) is 3.48. The summed E-state index contributed by atoms with van der Waals surface area (Å²) in [5, 5.41) is 2.98. The van der Waals surface area contributed by atoms with Gasteiger partial charge in [-0.3, -0.25) is 4.79 Å². The zero-order valence-corrected chi connectivity index (χ0v) is 17.3. The van der Waals surface area contributed by atoms with Gasteiger partial charge in [-0.25, -0.2) is 9.97 Å². The third kappa shape index (κ3) is 5.10. The molecule has 0 radical (unpaired) electrons. The summed E-state index contributed by atoms with van der Waals surface area (Å²) < 4.78 is 7.89. The van der Waals surface area contributed by atoms with Gasteiger partial charge in [-0.2, -0.15) is 0 Å². The molecule has 3 heterocycles. The van der Waals surface area contributed by atoms with E-state index in [4.69, 9.17) is 4.74 Å². The van der Waals surface area contributed by atoms with E-state index in [-0.39, 0.29) is 11.5 Å². The highest BCUT2D eigenvalue weighted by molar-refractivity contribution is 5.94. The number of hydrogen-bond acceptors (Lipinski definition) is 5. The zero-order valence-electron chi connectivity index (χ0n) is 17.3. The molecule has 1 N–H and O–H groups in total. The van der Waals surface area contributed by atoms with Crippen LogP contribution in [0.3, 0.4) is 0 Å². The normalized spacial score (nSPS) is 16.4. The molecule has 0 saturated carbocycles. The molecule has 2 aromatic heterocycles. The smallest absolute Gasteiger partial charge is 0.252 e. The molecule has 2 aromatic rings. The van der Waals surface area contributed by atoms with Crippen molar-refractivity contribution in [3.63, 3.8) is 0 Å². The van der Waals surface area contributed by atoms with Crippen molar-refractivity contribution in [3.8, 4) is 0 Å². The molecule has 1 aliphatic rings. The second-order valence-electron chi connectivity index (χ2n) is 8.18. The van der Waals surface area contributed by atoms with Crippen molar-refractivity contribution in [1.29, 1.82) is 0 Å². The Morgan fingerprint density at radius 2 is 2.14 bits per heavy atom. The van der Waals surface area contributed by atoms with Crippen molar-refractivity contribution in [1.82, 2.24) is 19.9 Å². The van der Waals surface area contributed by atoms with Gasteiger partial charge >= 0.3 is 0 Å². The molecule has 1 aliphatic heterocycles. The fourth-order valence-corrected chi connectivity index (χ4v) is 3.48. The standard InChI is InChI=1S/C21H31N5O2/c1-16(2)19-22-9-11-25(19)10-5-8-23-20(27)17-6-7-18(24-14-17)26-12-13-28-21(3,4)15-26/h6-7,9,11,14,16H,5,8,10,12-13,15H2,1-4H3,(H,23,27). The van der Waals surface area contributed by atoms with Crippen LogP contribution >= 0.6 is 0 Å². The molecule has 1 amide bonds. The number of aromatic nitrogens is 3. The molecular weight excluding hydrogens is 354 g/mol. The van der Waals surface area contributed by atoms with Gasteiger partial charge in [-0.15, -0.1) is 0 Å². The lowest BCUT2D eigenvalue weighted by molar-refractivity contribution is -0.0279. The summed E-state index contributed by atoms with van der Waals surface area (Å²) in [6.07, 6.45) is 6.33. The van der Waals surface area contributed by atoms with Gasteiger partial charge in [0.25, 0.3) is 5.91 Å². The van der Waals surface area contributed by atoms with Crippen LogP contribution in [0.25, 0.3) is 0 Å². The summed E-state index contributed by atoms with van der Waals surface area (Å²) in [7, 11) is 0. The van der Waals surface area contributed by atoms with Crippen LogP contribution in [0.4, 0.5) is 5.82 Å². The Balaban J connectivity index is 1.47. The molecule has 1 saturated heterocycles. The van der Waals surface area contributed by atoms with Crippen LogP contribution in [0.15, 0.2) is 30.7 Å². The van der Waals surface area contributed by atoms with E-state index in [0.717, 1.165) is 37.7 Å². The van der Waals surface area contributed by atoms with E-state index in [9.17, 15) is 4.79 Å². The van der Waals surface area contributed by atoms with Crippen molar-refractivity contribution in [3.05, 3.63) is 42.1 Å². The lowest BCUT2D eigenvalue weighted by Gasteiger charge is -2.38. The Kier molecular flexibility index (Phi) is 6.34. The monoisotopic (exact) mass is 385 g/mol. The van der Waals surface area contributed by atoms with E-state index in [1.807, 2.05) is 24.5 Å². The molecule has 152 valence electrons. The predicted molar refractivity (Wildman–Crippen MR) is 110 cm³/mol. The maximum Gasteiger partial charge on any atom is 0.252 e. The van der Waals surface area contributed by atoms with Crippen LogP contribution in [0, 0.1) is 0 Å². The second kappa shape index (κ2) is 8.73. The number of rotatable bonds is 7. The maximum absolute atomic E-state index is 12.4. The van der Waals surface area contributed by atoms with E-state index in [1.54, 1.807) is 6.20 Å². The highest BCUT2D eigenvalue weighted by Gasteiger charge is 2.27. The van der Waals surface area contributed by atoms with Crippen molar-refractivity contribution in [2.75, 3.05) is 31.1 Å². The van der Waals surface area contributed by atoms with Crippen molar-refractivity contribution >= 4 is 11.7 Å². The summed E-state index contributed by atoms with van der Waals surface area (Å²) in [6.45, 7) is 12.2. The molecule has 0 unspecified atom stereocenters. The van der Waals surface area contributed by atoms with Crippen LogP contribution in [-0.2, 0) is 11.3 Å². The molecule has 7 nitrogen and oxygen atoms in total. The molecule has 0 aliphatic carbocycles. The van der Waals surface area contributed by atoms with Gasteiger partial charge in [0.2, 0.25) is 0 Å². The number of nitrogens with zero attached hydrogens (tertiary/aromatic N) is 4. The molecule has 0 spiro atoms. The van der Waals surface area contributed by atoms with E-state index < -0.39 is 0 Å². The van der Waals surface area contributed by atoms with E-state index in [2.05, 4.69) is 52.4 Å². The lowest BCUT2D eigenvalue weighted by atomic mass is 10.1. The van der Waals surface area contributed by atoms with Gasteiger partial charge in [-0.1, -0.05) is 13.8 Å². The first-order valence-corrected chi connectivity index (χ1v) is 10.00. The number of aryl methyl sites for hydroxylation is 1. The van der Waals surface area contributed by atoms with Crippen LogP contribution in [0.1, 0.15) is 56.2 Å². The van der Waals surface area contributed by atoms with Gasteiger partial charge < -0.3 is 19.5 Å². The van der Waals surface area contributed by atoms with Crippen LogP contribution in [0.2, 0.25) is 0 Å². The lowest BCUT2D eigenvalue weighted by Crippen LogP contribution is -2.48. The number of imidazole rings is 1. The minimum Gasteiger partial charge on any atom is -0.372 e. The summed E-state index contributed by atoms with van der Waals surface area (Å²) in [5.74, 6) is 2.27. The largest absolute Gasteiger partial charge is 0.372 e. The minimum absolute atomic E-state index is 0.0870. The van der Waals surface area contributed by atoms with Gasteiger partial charge in [0.05, 0.1) is 17.8 Å². The number of pyridine rings is 1. The summed E-state index contributed by atoms with van der Waals surface area (Å²) in [4.78, 5) is 23.4. The number of nitrogens with one attached hydrogen (secondary N) is 1. The zero-order chi connectivity index (χ0) is 20.1. The molecular formula is C21H31N5O2. The molecule has 0 bridgehead atoms. The third-order valence-electron chi connectivity index (χ3n) is 4.89. The number of morpholine rings is 1. The molecule has 7 heteroatoms. The fraction of sp³-hybridized carbons (Fsp3) is 0.571. The highest BCUT2D eigenvalue weighted by Crippen LogP contribution is 2.21. The Morgan fingerprint density at radius 3 is 2.82 bits per heavy atom. The Hall–Kier alpha value is -2.41. The van der Waals surface area contributed by atoms with Crippen molar-refractivity contribution in [2.45, 2.75) is 52.2 Å². The molecule has 0 aromatic carbocycles. The SMILES string of the molecule is CC(C)c1nccn1CCCNC(=O)c1ccc(N2CCOC(C)(C)C2)nc1. The second-order valence-corrected chi connectivity index (χ2v) is 8.18. The van der Waals surface area contributed by atoms with E-state index >= 15 is 0 Å². The first-order chi connectivity index (χ1) is 13.4. The van der Waals surface area contributed by atoms with E-state index in [1.165, 1.54) is 0 Å². The van der Waals surface area contributed by atoms with Gasteiger partial charge in [0.1, 0.15) is 11.6 Å². The Bertz CT molecular complexity index is 782. The summed E-state index contributed by atoms with van der Waals surface area (Å²) >= 11 is 0. The van der Waals surface area contributed by atoms with Crippen LogP contribution in [0.5, 0.6) is 0 Å². The number of carbonyl (C=O) groups is 1. The third-order valence-corrected chi connectivity index (χ3v) is 4.89. The number of anilines is 1. The Labute approximate surface area is 167 Å². The molecule has 3 rings (SSSR count).